The Balaban J connectivity index is 1.41. The number of nitrogens with zero attached hydrogens (tertiary/aromatic N) is 1. The van der Waals surface area contributed by atoms with Crippen LogP contribution in [-0.4, -0.2) is 36.1 Å². The normalized spacial score (nSPS) is 23.6. The summed E-state index contributed by atoms with van der Waals surface area (Å²) in [4.78, 5) is 15.5. The van der Waals surface area contributed by atoms with E-state index in [1.54, 1.807) is 0 Å². The van der Waals surface area contributed by atoms with Gasteiger partial charge in [0.2, 0.25) is 5.91 Å². The van der Waals surface area contributed by atoms with Gasteiger partial charge in [-0.3, -0.25) is 9.69 Å². The molecular weight excluding hydrogens is 428 g/mol. The fraction of sp³-hybridized carbons (Fsp3) is 0.458. The average molecular weight is 457 g/mol. The Morgan fingerprint density at radius 3 is 2.31 bits per heavy atom. The smallest absolute Gasteiger partial charge is 0.230 e. The third-order valence-electron chi connectivity index (χ3n) is 6.03. The van der Waals surface area contributed by atoms with Gasteiger partial charge < -0.3 is 10.1 Å². The molecule has 2 fully saturated rings. The van der Waals surface area contributed by atoms with Gasteiger partial charge in [-0.05, 0) is 55.5 Å². The van der Waals surface area contributed by atoms with E-state index in [0.717, 1.165) is 42.5 Å². The molecule has 4 rings (SSSR count). The van der Waals surface area contributed by atoms with Gasteiger partial charge in [0, 0.05) is 30.7 Å². The molecule has 154 valence electrons. The number of amides is 1. The summed E-state index contributed by atoms with van der Waals surface area (Å²) in [5, 5.41) is 3.22. The summed E-state index contributed by atoms with van der Waals surface area (Å²) in [5.41, 5.74) is 3.25. The van der Waals surface area contributed by atoms with Gasteiger partial charge in [-0.15, -0.1) is 0 Å². The fourth-order valence-corrected chi connectivity index (χ4v) is 4.69. The van der Waals surface area contributed by atoms with Crippen molar-refractivity contribution in [2.24, 2.45) is 0 Å². The van der Waals surface area contributed by atoms with E-state index in [1.807, 2.05) is 12.1 Å². The van der Waals surface area contributed by atoms with Crippen molar-refractivity contribution in [2.45, 2.75) is 57.4 Å². The Labute approximate surface area is 181 Å². The molecule has 2 aromatic rings. The van der Waals surface area contributed by atoms with Gasteiger partial charge in [-0.2, -0.15) is 0 Å². The molecule has 1 saturated heterocycles. The zero-order valence-electron chi connectivity index (χ0n) is 17.2. The van der Waals surface area contributed by atoms with E-state index >= 15 is 0 Å². The van der Waals surface area contributed by atoms with Crippen molar-refractivity contribution >= 4 is 21.8 Å². The van der Waals surface area contributed by atoms with E-state index in [0.29, 0.717) is 6.54 Å². The van der Waals surface area contributed by atoms with Crippen molar-refractivity contribution < 1.29 is 9.53 Å². The monoisotopic (exact) mass is 456 g/mol. The molecule has 29 heavy (non-hydrogen) atoms. The lowest BCUT2D eigenvalue weighted by Crippen LogP contribution is -2.45. The molecule has 1 amide bonds. The molecule has 1 heterocycles. The van der Waals surface area contributed by atoms with Gasteiger partial charge in [0.05, 0.1) is 17.6 Å². The van der Waals surface area contributed by atoms with Gasteiger partial charge in [-0.1, -0.05) is 52.3 Å². The van der Waals surface area contributed by atoms with Crippen molar-refractivity contribution in [1.29, 1.82) is 0 Å². The number of carbonyl (C=O) groups is 1. The number of hydrogen-bond donors (Lipinski definition) is 1. The molecule has 5 heteroatoms. The van der Waals surface area contributed by atoms with Crippen LogP contribution in [0.4, 0.5) is 0 Å². The Kier molecular flexibility index (Phi) is 6.09. The molecule has 0 bridgehead atoms. The summed E-state index contributed by atoms with van der Waals surface area (Å²) in [7, 11) is 0. The number of rotatable bonds is 6. The first-order chi connectivity index (χ1) is 14.0. The van der Waals surface area contributed by atoms with Gasteiger partial charge >= 0.3 is 0 Å². The molecule has 2 aliphatic rings. The van der Waals surface area contributed by atoms with Crippen LogP contribution in [0.25, 0.3) is 0 Å². The number of ether oxygens (including phenoxy) is 1. The summed E-state index contributed by atoms with van der Waals surface area (Å²) in [6.07, 6.45) is 2.36. The lowest BCUT2D eigenvalue weighted by Gasteiger charge is -2.35. The minimum Gasteiger partial charge on any atom is -0.373 e. The Morgan fingerprint density at radius 2 is 1.69 bits per heavy atom. The number of halogens is 1. The Bertz CT molecular complexity index is 853. The lowest BCUT2D eigenvalue weighted by atomic mass is 9.95. The molecular formula is C24H29BrN2O2. The molecule has 0 radical (unpaired) electrons. The minimum atomic E-state index is -0.343. The molecule has 1 aliphatic heterocycles. The van der Waals surface area contributed by atoms with E-state index in [-0.39, 0.29) is 23.5 Å². The van der Waals surface area contributed by atoms with Crippen molar-refractivity contribution in [3.8, 4) is 0 Å². The highest BCUT2D eigenvalue weighted by Crippen LogP contribution is 2.48. The largest absolute Gasteiger partial charge is 0.373 e. The van der Waals surface area contributed by atoms with Crippen molar-refractivity contribution in [1.82, 2.24) is 10.2 Å². The topological polar surface area (TPSA) is 41.6 Å². The molecule has 1 N–H and O–H groups in total. The predicted octanol–water partition coefficient (Wildman–Crippen LogP) is 4.41. The molecule has 2 atom stereocenters. The average Bonchev–Trinajstić information content (AvgIpc) is 3.49. The summed E-state index contributed by atoms with van der Waals surface area (Å²) in [6.45, 7) is 7.61. The first-order valence-corrected chi connectivity index (χ1v) is 11.2. The fourth-order valence-electron chi connectivity index (χ4n) is 4.42. The van der Waals surface area contributed by atoms with E-state index in [4.69, 9.17) is 4.74 Å². The van der Waals surface area contributed by atoms with Crippen molar-refractivity contribution in [3.63, 3.8) is 0 Å². The van der Waals surface area contributed by atoms with Crippen LogP contribution < -0.4 is 5.32 Å². The van der Waals surface area contributed by atoms with Crippen LogP contribution >= 0.6 is 15.9 Å². The van der Waals surface area contributed by atoms with Crippen LogP contribution in [0.2, 0.25) is 0 Å². The molecule has 1 aliphatic carbocycles. The molecule has 4 nitrogen and oxygen atoms in total. The summed E-state index contributed by atoms with van der Waals surface area (Å²) >= 11 is 3.47. The second-order valence-corrected chi connectivity index (χ2v) is 9.41. The quantitative estimate of drug-likeness (QED) is 0.699. The maximum absolute atomic E-state index is 13.0. The lowest BCUT2D eigenvalue weighted by molar-refractivity contribution is -0.123. The molecule has 2 unspecified atom stereocenters. The van der Waals surface area contributed by atoms with Gasteiger partial charge in [-0.25, -0.2) is 0 Å². The van der Waals surface area contributed by atoms with E-state index in [2.05, 4.69) is 76.4 Å². The SMILES string of the molecule is CC1CN(Cc2ccccc2CNC(=O)C2(c3ccc(Br)cc3)CC2)CC(C)O1. The third-order valence-corrected chi connectivity index (χ3v) is 6.56. The molecule has 1 saturated carbocycles. The third kappa shape index (κ3) is 4.73. The standard InChI is InChI=1S/C24H29BrN2O2/c1-17-14-27(15-18(2)29-17)16-20-6-4-3-5-19(20)13-26-23(28)24(11-12-24)21-7-9-22(25)10-8-21/h3-10,17-18H,11-16H2,1-2H3,(H,26,28). The maximum Gasteiger partial charge on any atom is 0.230 e. The highest BCUT2D eigenvalue weighted by Gasteiger charge is 2.51. The van der Waals surface area contributed by atoms with Gasteiger partial charge in [0.1, 0.15) is 0 Å². The Morgan fingerprint density at radius 1 is 1.07 bits per heavy atom. The molecule has 0 aromatic heterocycles. The highest BCUT2D eigenvalue weighted by molar-refractivity contribution is 9.10. The van der Waals surface area contributed by atoms with Crippen molar-refractivity contribution in [3.05, 3.63) is 69.7 Å². The zero-order chi connectivity index (χ0) is 20.4. The van der Waals surface area contributed by atoms with Gasteiger partial charge in [0.25, 0.3) is 0 Å². The highest BCUT2D eigenvalue weighted by atomic mass is 79.9. The minimum absolute atomic E-state index is 0.142. The molecule has 2 aromatic carbocycles. The van der Waals surface area contributed by atoms with E-state index in [1.165, 1.54) is 11.1 Å². The van der Waals surface area contributed by atoms with Crippen LogP contribution in [0.5, 0.6) is 0 Å². The number of morpholine rings is 1. The first kappa shape index (κ1) is 20.6. The summed E-state index contributed by atoms with van der Waals surface area (Å²) < 4.78 is 6.90. The van der Waals surface area contributed by atoms with Gasteiger partial charge in [0.15, 0.2) is 0 Å². The van der Waals surface area contributed by atoms with Crippen LogP contribution in [0.3, 0.4) is 0 Å². The van der Waals surface area contributed by atoms with Crippen LogP contribution in [0.15, 0.2) is 53.0 Å². The van der Waals surface area contributed by atoms with Crippen LogP contribution in [0, 0.1) is 0 Å². The number of hydrogen-bond acceptors (Lipinski definition) is 3. The molecule has 0 spiro atoms. The van der Waals surface area contributed by atoms with E-state index in [9.17, 15) is 4.79 Å². The maximum atomic E-state index is 13.0. The summed E-state index contributed by atoms with van der Waals surface area (Å²) in [5.74, 6) is 0.142. The van der Waals surface area contributed by atoms with Crippen LogP contribution in [-0.2, 0) is 28.0 Å². The number of benzene rings is 2. The van der Waals surface area contributed by atoms with Crippen molar-refractivity contribution in [2.75, 3.05) is 13.1 Å². The number of nitrogens with one attached hydrogen (secondary N) is 1. The van der Waals surface area contributed by atoms with Crippen LogP contribution in [0.1, 0.15) is 43.4 Å². The predicted molar refractivity (Wildman–Crippen MR) is 119 cm³/mol. The zero-order valence-corrected chi connectivity index (χ0v) is 18.7. The number of carbonyl (C=O) groups excluding carboxylic acids is 1. The Hall–Kier alpha value is -1.69. The second-order valence-electron chi connectivity index (χ2n) is 8.49. The second kappa shape index (κ2) is 8.58. The first-order valence-electron chi connectivity index (χ1n) is 10.5. The van der Waals surface area contributed by atoms with E-state index < -0.39 is 0 Å². The summed E-state index contributed by atoms with van der Waals surface area (Å²) in [6, 6.07) is 16.6.